The van der Waals surface area contributed by atoms with Crippen LogP contribution in [0.1, 0.15) is 11.1 Å². The third-order valence-corrected chi connectivity index (χ3v) is 4.82. The van der Waals surface area contributed by atoms with Crippen molar-refractivity contribution in [3.63, 3.8) is 0 Å². The minimum atomic E-state index is -4.53. The molecule has 26 heavy (non-hydrogen) atoms. The predicted octanol–water partition coefficient (Wildman–Crippen LogP) is 4.52. The first-order valence-electron chi connectivity index (χ1n) is 7.14. The van der Waals surface area contributed by atoms with Crippen LogP contribution in [0.15, 0.2) is 47.4 Å². The summed E-state index contributed by atoms with van der Waals surface area (Å²) in [5.41, 5.74) is -0.416. The molecule has 0 aromatic heterocycles. The highest BCUT2D eigenvalue weighted by Crippen LogP contribution is 2.39. The Hall–Kier alpha value is -2.52. The number of nitrogens with zero attached hydrogens (tertiary/aromatic N) is 1. The maximum atomic E-state index is 12.9. The quantitative estimate of drug-likeness (QED) is 0.443. The second kappa shape index (κ2) is 6.65. The third kappa shape index (κ3) is 3.54. The van der Waals surface area contributed by atoms with E-state index in [1.54, 1.807) is 0 Å². The van der Waals surface area contributed by atoms with E-state index in [4.69, 9.17) is 12.2 Å². The number of phenolic OH excluding ortho intramolecular Hbond substituents is 2. The Balaban J connectivity index is 1.94. The Bertz CT molecular complexity index is 941. The molecule has 0 bridgehead atoms. The standard InChI is InChI=1S/C17H10F3NO3S2/c18-17(19,20)10-2-1-3-11(8-10)21-15(24)14(26-16(21)25)7-9-4-5-12(22)13(23)6-9/h1-8,22-23H. The molecule has 0 atom stereocenters. The van der Waals surface area contributed by atoms with Crippen LogP contribution in [0.2, 0.25) is 0 Å². The zero-order valence-corrected chi connectivity index (χ0v) is 14.5. The Morgan fingerprint density at radius 3 is 2.46 bits per heavy atom. The van der Waals surface area contributed by atoms with Crippen molar-refractivity contribution in [2.75, 3.05) is 4.90 Å². The number of halogens is 3. The fraction of sp³-hybridized carbons (Fsp3) is 0.0588. The van der Waals surface area contributed by atoms with E-state index < -0.39 is 17.6 Å². The van der Waals surface area contributed by atoms with Crippen molar-refractivity contribution >= 4 is 46.0 Å². The van der Waals surface area contributed by atoms with Crippen LogP contribution in [0.25, 0.3) is 6.08 Å². The van der Waals surface area contributed by atoms with Crippen LogP contribution in [0.5, 0.6) is 11.5 Å². The van der Waals surface area contributed by atoms with Gasteiger partial charge in [-0.2, -0.15) is 13.2 Å². The van der Waals surface area contributed by atoms with Crippen LogP contribution >= 0.6 is 24.0 Å². The number of anilines is 1. The average Bonchev–Trinajstić information content (AvgIpc) is 2.84. The number of hydrogen-bond acceptors (Lipinski definition) is 5. The Morgan fingerprint density at radius 1 is 1.08 bits per heavy atom. The molecule has 2 aromatic rings. The van der Waals surface area contributed by atoms with Crippen molar-refractivity contribution in [1.82, 2.24) is 0 Å². The summed E-state index contributed by atoms with van der Waals surface area (Å²) in [6.07, 6.45) is -3.10. The molecule has 4 nitrogen and oxygen atoms in total. The minimum Gasteiger partial charge on any atom is -0.504 e. The lowest BCUT2D eigenvalue weighted by atomic mass is 10.1. The van der Waals surface area contributed by atoms with Gasteiger partial charge in [-0.15, -0.1) is 0 Å². The van der Waals surface area contributed by atoms with E-state index in [9.17, 15) is 28.2 Å². The minimum absolute atomic E-state index is 0.0271. The molecule has 2 aromatic carbocycles. The van der Waals surface area contributed by atoms with Crippen molar-refractivity contribution in [3.05, 3.63) is 58.5 Å². The lowest BCUT2D eigenvalue weighted by Crippen LogP contribution is -2.27. The van der Waals surface area contributed by atoms with E-state index in [0.29, 0.717) is 5.56 Å². The first-order valence-corrected chi connectivity index (χ1v) is 8.36. The molecule has 1 amide bonds. The Morgan fingerprint density at radius 2 is 1.81 bits per heavy atom. The van der Waals surface area contributed by atoms with E-state index >= 15 is 0 Å². The molecule has 1 fully saturated rings. The van der Waals surface area contributed by atoms with E-state index in [-0.39, 0.29) is 26.4 Å². The SMILES string of the molecule is O=C1C(=Cc2ccc(O)c(O)c2)SC(=S)N1c1cccc(C(F)(F)F)c1. The summed E-state index contributed by atoms with van der Waals surface area (Å²) in [6.45, 7) is 0. The van der Waals surface area contributed by atoms with Crippen LogP contribution in [0.4, 0.5) is 18.9 Å². The van der Waals surface area contributed by atoms with Gasteiger partial charge in [-0.05, 0) is 42.0 Å². The number of phenols is 2. The summed E-state index contributed by atoms with van der Waals surface area (Å²) in [4.78, 5) is 13.8. The molecule has 1 saturated heterocycles. The van der Waals surface area contributed by atoms with Crippen LogP contribution < -0.4 is 4.90 Å². The lowest BCUT2D eigenvalue weighted by molar-refractivity contribution is -0.137. The van der Waals surface area contributed by atoms with Gasteiger partial charge in [0, 0.05) is 0 Å². The van der Waals surface area contributed by atoms with Gasteiger partial charge in [-0.3, -0.25) is 9.69 Å². The highest BCUT2D eigenvalue weighted by Gasteiger charge is 2.36. The molecular weight excluding hydrogens is 387 g/mol. The number of hydrogen-bond donors (Lipinski definition) is 2. The number of carbonyl (C=O) groups excluding carboxylic acids is 1. The molecule has 2 N–H and O–H groups in total. The van der Waals surface area contributed by atoms with Crippen LogP contribution in [0.3, 0.4) is 0 Å². The van der Waals surface area contributed by atoms with Crippen molar-refractivity contribution in [2.45, 2.75) is 6.18 Å². The molecule has 0 unspecified atom stereocenters. The molecule has 0 radical (unpaired) electrons. The average molecular weight is 397 g/mol. The number of benzene rings is 2. The van der Waals surface area contributed by atoms with E-state index in [2.05, 4.69) is 0 Å². The van der Waals surface area contributed by atoms with Gasteiger partial charge in [0.25, 0.3) is 5.91 Å². The van der Waals surface area contributed by atoms with Crippen molar-refractivity contribution < 1.29 is 28.2 Å². The molecule has 1 aliphatic rings. The van der Waals surface area contributed by atoms with Crippen molar-refractivity contribution in [3.8, 4) is 11.5 Å². The van der Waals surface area contributed by atoms with Gasteiger partial charge in [-0.25, -0.2) is 0 Å². The molecule has 9 heteroatoms. The number of thiocarbonyl (C=S) groups is 1. The molecule has 0 saturated carbocycles. The summed E-state index contributed by atoms with van der Waals surface area (Å²) in [5.74, 6) is -1.22. The molecule has 1 aliphatic heterocycles. The predicted molar refractivity (Wildman–Crippen MR) is 96.9 cm³/mol. The van der Waals surface area contributed by atoms with Crippen molar-refractivity contribution in [2.24, 2.45) is 0 Å². The van der Waals surface area contributed by atoms with Gasteiger partial charge >= 0.3 is 6.18 Å². The summed E-state index contributed by atoms with van der Waals surface area (Å²) in [5, 5.41) is 18.8. The molecule has 3 rings (SSSR count). The summed E-state index contributed by atoms with van der Waals surface area (Å²) in [6, 6.07) is 8.34. The normalized spacial score (nSPS) is 16.6. The molecule has 134 valence electrons. The first kappa shape index (κ1) is 18.3. The van der Waals surface area contributed by atoms with Gasteiger partial charge in [0.05, 0.1) is 16.2 Å². The molecule has 1 heterocycles. The number of aromatic hydroxyl groups is 2. The number of rotatable bonds is 2. The second-order valence-electron chi connectivity index (χ2n) is 5.31. The number of amides is 1. The van der Waals surface area contributed by atoms with Gasteiger partial charge in [0.1, 0.15) is 0 Å². The molecular formula is C17H10F3NO3S2. The second-order valence-corrected chi connectivity index (χ2v) is 6.99. The van der Waals surface area contributed by atoms with Crippen LogP contribution in [-0.4, -0.2) is 20.4 Å². The fourth-order valence-corrected chi connectivity index (χ4v) is 3.59. The van der Waals surface area contributed by atoms with E-state index in [0.717, 1.165) is 28.8 Å². The summed E-state index contributed by atoms with van der Waals surface area (Å²) >= 11 is 6.07. The largest absolute Gasteiger partial charge is 0.504 e. The first-order chi connectivity index (χ1) is 12.2. The number of thioether (sulfide) groups is 1. The monoisotopic (exact) mass is 397 g/mol. The zero-order chi connectivity index (χ0) is 19.1. The van der Waals surface area contributed by atoms with E-state index in [1.807, 2.05) is 0 Å². The molecule has 0 spiro atoms. The van der Waals surface area contributed by atoms with E-state index in [1.165, 1.54) is 36.4 Å². The lowest BCUT2D eigenvalue weighted by Gasteiger charge is -2.16. The van der Waals surface area contributed by atoms with Gasteiger partial charge in [0.15, 0.2) is 15.8 Å². The summed E-state index contributed by atoms with van der Waals surface area (Å²) in [7, 11) is 0. The maximum Gasteiger partial charge on any atom is 0.416 e. The molecule has 0 aliphatic carbocycles. The zero-order valence-electron chi connectivity index (χ0n) is 12.8. The smallest absolute Gasteiger partial charge is 0.416 e. The van der Waals surface area contributed by atoms with Gasteiger partial charge in [-0.1, -0.05) is 36.1 Å². The topological polar surface area (TPSA) is 60.8 Å². The maximum absolute atomic E-state index is 12.9. The fourth-order valence-electron chi connectivity index (χ4n) is 2.29. The van der Waals surface area contributed by atoms with Crippen LogP contribution in [-0.2, 0) is 11.0 Å². The highest BCUT2D eigenvalue weighted by atomic mass is 32.2. The van der Waals surface area contributed by atoms with Crippen LogP contribution in [0, 0.1) is 0 Å². The van der Waals surface area contributed by atoms with Gasteiger partial charge in [0.2, 0.25) is 0 Å². The Labute approximate surface area is 155 Å². The van der Waals surface area contributed by atoms with Crippen molar-refractivity contribution in [1.29, 1.82) is 0 Å². The van der Waals surface area contributed by atoms with Gasteiger partial charge < -0.3 is 10.2 Å². The number of carbonyl (C=O) groups is 1. The highest BCUT2D eigenvalue weighted by molar-refractivity contribution is 8.27. The number of alkyl halides is 3. The Kier molecular flexibility index (Phi) is 4.68. The third-order valence-electron chi connectivity index (χ3n) is 3.52. The summed E-state index contributed by atoms with van der Waals surface area (Å²) < 4.78 is 38.8.